The molecule has 3 aromatic rings. The van der Waals surface area contributed by atoms with Gasteiger partial charge in [0.2, 0.25) is 0 Å². The van der Waals surface area contributed by atoms with E-state index in [-0.39, 0.29) is 0 Å². The van der Waals surface area contributed by atoms with Gasteiger partial charge in [-0.15, -0.1) is 0 Å². The number of nitrogens with one attached hydrogen (secondary N) is 1. The topological polar surface area (TPSA) is 50.8 Å². The Kier molecular flexibility index (Phi) is 2.50. The lowest BCUT2D eigenvalue weighted by molar-refractivity contribution is 0.303. The molecule has 0 unspecified atom stereocenters. The number of benzene rings is 1. The summed E-state index contributed by atoms with van der Waals surface area (Å²) < 4.78 is 5.79. The maximum Gasteiger partial charge on any atom is 0.130 e. The maximum atomic E-state index is 5.99. The molecular formula is C15H10ClN3O. The molecule has 1 aliphatic heterocycles. The van der Waals surface area contributed by atoms with Gasteiger partial charge in [0.25, 0.3) is 0 Å². The maximum absolute atomic E-state index is 5.99. The Morgan fingerprint density at radius 3 is 3.05 bits per heavy atom. The number of H-pyrrole nitrogens is 1. The van der Waals surface area contributed by atoms with Gasteiger partial charge in [0.15, 0.2) is 0 Å². The molecule has 0 fully saturated rings. The van der Waals surface area contributed by atoms with Crippen LogP contribution in [0, 0.1) is 0 Å². The van der Waals surface area contributed by atoms with Crippen LogP contribution in [0.1, 0.15) is 5.56 Å². The van der Waals surface area contributed by atoms with Crippen LogP contribution in [0.3, 0.4) is 0 Å². The van der Waals surface area contributed by atoms with Crippen molar-refractivity contribution in [1.82, 2.24) is 15.2 Å². The smallest absolute Gasteiger partial charge is 0.130 e. The van der Waals surface area contributed by atoms with E-state index >= 15 is 0 Å². The van der Waals surface area contributed by atoms with Crippen LogP contribution in [-0.2, 0) is 6.61 Å². The van der Waals surface area contributed by atoms with Crippen molar-refractivity contribution in [2.24, 2.45) is 0 Å². The highest BCUT2D eigenvalue weighted by atomic mass is 35.5. The number of ether oxygens (including phenoxy) is 1. The van der Waals surface area contributed by atoms with Crippen LogP contribution in [0.15, 0.2) is 42.7 Å². The van der Waals surface area contributed by atoms with Crippen LogP contribution >= 0.6 is 11.6 Å². The fraction of sp³-hybridized carbons (Fsp3) is 0.0667. The number of rotatable bonds is 1. The minimum Gasteiger partial charge on any atom is -0.488 e. The number of halogens is 1. The van der Waals surface area contributed by atoms with Gasteiger partial charge in [-0.3, -0.25) is 10.1 Å². The Hall–Kier alpha value is -2.33. The van der Waals surface area contributed by atoms with Crippen molar-refractivity contribution in [3.63, 3.8) is 0 Å². The minimum absolute atomic E-state index is 0.476. The summed E-state index contributed by atoms with van der Waals surface area (Å²) in [6, 6.07) is 9.50. The Morgan fingerprint density at radius 1 is 1.25 bits per heavy atom. The zero-order chi connectivity index (χ0) is 13.5. The number of aromatic nitrogens is 3. The van der Waals surface area contributed by atoms with E-state index in [4.69, 9.17) is 16.3 Å². The van der Waals surface area contributed by atoms with E-state index in [2.05, 4.69) is 15.2 Å². The van der Waals surface area contributed by atoms with Gasteiger partial charge < -0.3 is 4.74 Å². The fourth-order valence-corrected chi connectivity index (χ4v) is 2.60. The number of nitrogens with zero attached hydrogens (tertiary/aromatic N) is 2. The van der Waals surface area contributed by atoms with Crippen molar-refractivity contribution in [2.75, 3.05) is 0 Å². The second-order valence-corrected chi connectivity index (χ2v) is 5.03. The van der Waals surface area contributed by atoms with Crippen LogP contribution in [0.2, 0.25) is 5.02 Å². The van der Waals surface area contributed by atoms with Crippen LogP contribution in [0.25, 0.3) is 22.5 Å². The van der Waals surface area contributed by atoms with Crippen molar-refractivity contribution in [2.45, 2.75) is 6.61 Å². The molecule has 98 valence electrons. The Labute approximate surface area is 120 Å². The van der Waals surface area contributed by atoms with E-state index in [0.717, 1.165) is 33.8 Å². The van der Waals surface area contributed by atoms with Gasteiger partial charge in [-0.1, -0.05) is 11.6 Å². The molecule has 0 saturated carbocycles. The second-order valence-electron chi connectivity index (χ2n) is 4.60. The highest BCUT2D eigenvalue weighted by Gasteiger charge is 2.23. The third-order valence-corrected chi connectivity index (χ3v) is 3.62. The molecule has 0 amide bonds. The number of pyridine rings is 1. The standard InChI is InChI=1S/C15H10ClN3O/c16-10-3-4-11-13(6-10)20-8-12-14(18-19-15(11)12)9-2-1-5-17-7-9/h1-7H,8H2,(H,18,19). The Morgan fingerprint density at radius 2 is 2.20 bits per heavy atom. The predicted molar refractivity (Wildman–Crippen MR) is 76.6 cm³/mol. The molecule has 20 heavy (non-hydrogen) atoms. The number of fused-ring (bicyclic) bond motifs is 3. The summed E-state index contributed by atoms with van der Waals surface area (Å²) in [5, 5.41) is 8.18. The van der Waals surface area contributed by atoms with E-state index in [1.165, 1.54) is 0 Å². The predicted octanol–water partition coefficient (Wildman–Crippen LogP) is 3.68. The summed E-state index contributed by atoms with van der Waals surface area (Å²) in [7, 11) is 0. The van der Waals surface area contributed by atoms with E-state index in [9.17, 15) is 0 Å². The highest BCUT2D eigenvalue weighted by molar-refractivity contribution is 6.30. The molecule has 4 rings (SSSR count). The zero-order valence-electron chi connectivity index (χ0n) is 10.4. The van der Waals surface area contributed by atoms with Crippen molar-refractivity contribution in [1.29, 1.82) is 0 Å². The molecule has 3 heterocycles. The van der Waals surface area contributed by atoms with Gasteiger partial charge in [-0.25, -0.2) is 0 Å². The molecule has 5 heteroatoms. The molecule has 0 saturated heterocycles. The monoisotopic (exact) mass is 283 g/mol. The first-order valence-corrected chi connectivity index (χ1v) is 6.61. The van der Waals surface area contributed by atoms with Gasteiger partial charge >= 0.3 is 0 Å². The number of aromatic amines is 1. The molecule has 0 radical (unpaired) electrons. The van der Waals surface area contributed by atoms with Gasteiger partial charge in [0.1, 0.15) is 18.1 Å². The van der Waals surface area contributed by atoms with Crippen LogP contribution < -0.4 is 4.74 Å². The van der Waals surface area contributed by atoms with E-state index in [1.807, 2.05) is 30.3 Å². The van der Waals surface area contributed by atoms with Crippen molar-refractivity contribution >= 4 is 11.6 Å². The molecule has 0 aliphatic carbocycles. The molecule has 1 aliphatic rings. The summed E-state index contributed by atoms with van der Waals surface area (Å²) in [5.41, 5.74) is 4.88. The molecule has 1 aromatic carbocycles. The van der Waals surface area contributed by atoms with Crippen LogP contribution in [-0.4, -0.2) is 15.2 Å². The molecule has 0 spiro atoms. The molecule has 4 nitrogen and oxygen atoms in total. The number of hydrogen-bond donors (Lipinski definition) is 1. The van der Waals surface area contributed by atoms with E-state index < -0.39 is 0 Å². The minimum atomic E-state index is 0.476. The lowest BCUT2D eigenvalue weighted by atomic mass is 10.0. The zero-order valence-corrected chi connectivity index (χ0v) is 11.2. The summed E-state index contributed by atoms with van der Waals surface area (Å²) >= 11 is 5.99. The van der Waals surface area contributed by atoms with Crippen LogP contribution in [0.5, 0.6) is 5.75 Å². The average Bonchev–Trinajstić information content (AvgIpc) is 2.92. The van der Waals surface area contributed by atoms with Gasteiger partial charge in [0.05, 0.1) is 5.69 Å². The molecule has 2 aromatic heterocycles. The fourth-order valence-electron chi connectivity index (χ4n) is 2.44. The van der Waals surface area contributed by atoms with Gasteiger partial charge in [0, 0.05) is 34.1 Å². The molecular weight excluding hydrogens is 274 g/mol. The third kappa shape index (κ3) is 1.69. The highest BCUT2D eigenvalue weighted by Crippen LogP contribution is 2.40. The summed E-state index contributed by atoms with van der Waals surface area (Å²) in [6.45, 7) is 0.476. The largest absolute Gasteiger partial charge is 0.488 e. The third-order valence-electron chi connectivity index (χ3n) is 3.39. The summed E-state index contributed by atoms with van der Waals surface area (Å²) in [6.07, 6.45) is 3.55. The average molecular weight is 284 g/mol. The first kappa shape index (κ1) is 11.5. The normalized spacial score (nSPS) is 12.4. The van der Waals surface area contributed by atoms with E-state index in [1.54, 1.807) is 12.4 Å². The Balaban J connectivity index is 1.89. The molecule has 1 N–H and O–H groups in total. The molecule has 0 bridgehead atoms. The van der Waals surface area contributed by atoms with Crippen molar-refractivity contribution in [3.05, 3.63) is 53.3 Å². The van der Waals surface area contributed by atoms with Crippen LogP contribution in [0.4, 0.5) is 0 Å². The molecule has 0 atom stereocenters. The van der Waals surface area contributed by atoms with Crippen molar-refractivity contribution < 1.29 is 4.74 Å². The summed E-state index contributed by atoms with van der Waals surface area (Å²) in [5.74, 6) is 0.784. The quantitative estimate of drug-likeness (QED) is 0.741. The van der Waals surface area contributed by atoms with E-state index in [0.29, 0.717) is 11.6 Å². The Bertz CT molecular complexity index is 783. The first-order valence-electron chi connectivity index (χ1n) is 6.23. The summed E-state index contributed by atoms with van der Waals surface area (Å²) in [4.78, 5) is 4.13. The lowest BCUT2D eigenvalue weighted by Crippen LogP contribution is -2.05. The van der Waals surface area contributed by atoms with Gasteiger partial charge in [-0.05, 0) is 30.3 Å². The van der Waals surface area contributed by atoms with Crippen molar-refractivity contribution in [3.8, 4) is 28.3 Å². The first-order chi connectivity index (χ1) is 9.83. The SMILES string of the molecule is Clc1ccc2c(c1)OCc1c(-c3cccnc3)n[nH]c1-2. The number of hydrogen-bond acceptors (Lipinski definition) is 3. The lowest BCUT2D eigenvalue weighted by Gasteiger charge is -2.18. The van der Waals surface area contributed by atoms with Gasteiger partial charge in [-0.2, -0.15) is 5.10 Å². The second kappa shape index (κ2) is 4.35.